The number of hydrogen-bond acceptors (Lipinski definition) is 6. The van der Waals surface area contributed by atoms with Gasteiger partial charge in [0.25, 0.3) is 0 Å². The molecule has 1 N–H and O–H groups in total. The molecule has 1 heterocycles. The number of methoxy groups -OCH3 is 3. The minimum atomic E-state index is -0.408. The highest BCUT2D eigenvalue weighted by Gasteiger charge is 2.41. The number of fused-ring (bicyclic) bond motifs is 3. The quantitative estimate of drug-likeness (QED) is 0.610. The van der Waals surface area contributed by atoms with Crippen LogP contribution in [0.2, 0.25) is 0 Å². The van der Waals surface area contributed by atoms with Crippen molar-refractivity contribution in [3.63, 3.8) is 0 Å². The Morgan fingerprint density at radius 3 is 2.42 bits per heavy atom. The van der Waals surface area contributed by atoms with Crippen molar-refractivity contribution < 1.29 is 28.5 Å². The Bertz CT molecular complexity index is 1020. The third-order valence-corrected chi connectivity index (χ3v) is 6.55. The molecule has 0 bridgehead atoms. The van der Waals surface area contributed by atoms with Crippen LogP contribution in [0.25, 0.3) is 0 Å². The fourth-order valence-electron chi connectivity index (χ4n) is 5.00. The van der Waals surface area contributed by atoms with E-state index in [9.17, 15) is 9.59 Å². The summed E-state index contributed by atoms with van der Waals surface area (Å²) in [6.07, 6.45) is 4.26. The first-order valence-corrected chi connectivity index (χ1v) is 11.4. The number of esters is 1. The van der Waals surface area contributed by atoms with Gasteiger partial charge in [0.1, 0.15) is 17.6 Å². The van der Waals surface area contributed by atoms with Gasteiger partial charge < -0.3 is 24.3 Å². The Balaban J connectivity index is 1.67. The average molecular weight is 454 g/mol. The van der Waals surface area contributed by atoms with Crippen LogP contribution in [0, 0.1) is 0 Å². The second-order valence-electron chi connectivity index (χ2n) is 8.49. The molecular weight excluding hydrogens is 422 g/mol. The standard InChI is InChI=1S/C26H31NO6/c1-30-20-11-12-21(31-2)25-24(20)18-9-4-5-10-19(18)33-26(25)16-7-6-8-17(15-16)27-22(28)13-14-23(29)32-3/h6-8,11-12,15,18-19,26H,4-5,9-10,13-14H2,1-3H3,(H,27,28)/t18-,19-,26+/m0/s1. The first-order chi connectivity index (χ1) is 16.0. The summed E-state index contributed by atoms with van der Waals surface area (Å²) >= 11 is 0. The molecule has 1 aliphatic carbocycles. The third-order valence-electron chi connectivity index (χ3n) is 6.55. The van der Waals surface area contributed by atoms with Crippen molar-refractivity contribution in [3.05, 3.63) is 53.1 Å². The fraction of sp³-hybridized carbons (Fsp3) is 0.462. The topological polar surface area (TPSA) is 83.1 Å². The van der Waals surface area contributed by atoms with Gasteiger partial charge in [-0.15, -0.1) is 0 Å². The Hall–Kier alpha value is -3.06. The van der Waals surface area contributed by atoms with Gasteiger partial charge >= 0.3 is 5.97 Å². The zero-order chi connectivity index (χ0) is 23.4. The van der Waals surface area contributed by atoms with Gasteiger partial charge in [-0.2, -0.15) is 0 Å². The molecule has 1 saturated carbocycles. The maximum Gasteiger partial charge on any atom is 0.306 e. The van der Waals surface area contributed by atoms with Crippen molar-refractivity contribution in [3.8, 4) is 11.5 Å². The molecule has 7 heteroatoms. The highest BCUT2D eigenvalue weighted by molar-refractivity contribution is 5.92. The number of carbonyl (C=O) groups is 2. The van der Waals surface area contributed by atoms with E-state index in [1.807, 2.05) is 36.4 Å². The lowest BCUT2D eigenvalue weighted by Gasteiger charge is -2.42. The lowest BCUT2D eigenvalue weighted by molar-refractivity contribution is -0.141. The van der Waals surface area contributed by atoms with Gasteiger partial charge in [-0.25, -0.2) is 0 Å². The normalized spacial score (nSPS) is 21.4. The van der Waals surface area contributed by atoms with Gasteiger partial charge in [-0.3, -0.25) is 9.59 Å². The zero-order valence-corrected chi connectivity index (χ0v) is 19.4. The molecule has 7 nitrogen and oxygen atoms in total. The summed E-state index contributed by atoms with van der Waals surface area (Å²) in [5, 5.41) is 2.87. The smallest absolute Gasteiger partial charge is 0.306 e. The van der Waals surface area contributed by atoms with E-state index in [2.05, 4.69) is 10.1 Å². The minimum Gasteiger partial charge on any atom is -0.496 e. The van der Waals surface area contributed by atoms with E-state index in [-0.39, 0.29) is 36.9 Å². The molecule has 0 unspecified atom stereocenters. The largest absolute Gasteiger partial charge is 0.496 e. The van der Waals surface area contributed by atoms with Crippen LogP contribution in [0.3, 0.4) is 0 Å². The molecule has 0 radical (unpaired) electrons. The molecule has 176 valence electrons. The second kappa shape index (κ2) is 10.3. The Morgan fingerprint density at radius 1 is 0.970 bits per heavy atom. The number of rotatable bonds is 7. The maximum absolute atomic E-state index is 12.3. The first kappa shape index (κ1) is 23.1. The monoisotopic (exact) mass is 453 g/mol. The van der Waals surface area contributed by atoms with Gasteiger partial charge in [0.2, 0.25) is 5.91 Å². The maximum atomic E-state index is 12.3. The summed E-state index contributed by atoms with van der Waals surface area (Å²) < 4.78 is 22.8. The Kier molecular flexibility index (Phi) is 7.18. The number of nitrogens with one attached hydrogen (secondary N) is 1. The summed E-state index contributed by atoms with van der Waals surface area (Å²) in [7, 11) is 4.69. The van der Waals surface area contributed by atoms with Crippen LogP contribution in [-0.4, -0.2) is 39.3 Å². The molecule has 2 aliphatic rings. The summed E-state index contributed by atoms with van der Waals surface area (Å²) in [6, 6.07) is 11.6. The zero-order valence-electron chi connectivity index (χ0n) is 19.4. The van der Waals surface area contributed by atoms with Gasteiger partial charge in [0.15, 0.2) is 0 Å². The van der Waals surface area contributed by atoms with E-state index < -0.39 is 5.97 Å². The Morgan fingerprint density at radius 2 is 1.70 bits per heavy atom. The van der Waals surface area contributed by atoms with Crippen molar-refractivity contribution in [1.29, 1.82) is 0 Å². The second-order valence-corrected chi connectivity index (χ2v) is 8.49. The van der Waals surface area contributed by atoms with Gasteiger partial charge in [-0.05, 0) is 42.7 Å². The van der Waals surface area contributed by atoms with Crippen LogP contribution >= 0.6 is 0 Å². The number of amides is 1. The first-order valence-electron chi connectivity index (χ1n) is 11.4. The van der Waals surface area contributed by atoms with Gasteiger partial charge in [-0.1, -0.05) is 25.0 Å². The summed E-state index contributed by atoms with van der Waals surface area (Å²) in [6.45, 7) is 0. The molecule has 2 aromatic carbocycles. The molecule has 1 aliphatic heterocycles. The van der Waals surface area contributed by atoms with Gasteiger partial charge in [0.05, 0.1) is 33.9 Å². The van der Waals surface area contributed by atoms with Crippen LogP contribution in [0.1, 0.15) is 67.2 Å². The molecule has 0 saturated heterocycles. The van der Waals surface area contributed by atoms with Crippen molar-refractivity contribution in [2.24, 2.45) is 0 Å². The molecule has 3 atom stereocenters. The number of anilines is 1. The van der Waals surface area contributed by atoms with Crippen LogP contribution in [-0.2, 0) is 19.1 Å². The van der Waals surface area contributed by atoms with Crippen LogP contribution in [0.15, 0.2) is 36.4 Å². The van der Waals surface area contributed by atoms with E-state index in [1.165, 1.54) is 19.1 Å². The van der Waals surface area contributed by atoms with E-state index in [1.54, 1.807) is 14.2 Å². The van der Waals surface area contributed by atoms with Crippen molar-refractivity contribution in [1.82, 2.24) is 0 Å². The average Bonchev–Trinajstić information content (AvgIpc) is 2.86. The molecule has 0 aromatic heterocycles. The number of ether oxygens (including phenoxy) is 4. The van der Waals surface area contributed by atoms with Crippen LogP contribution < -0.4 is 14.8 Å². The molecule has 4 rings (SSSR count). The summed E-state index contributed by atoms with van der Waals surface area (Å²) in [5.41, 5.74) is 3.75. The summed E-state index contributed by atoms with van der Waals surface area (Å²) in [5.74, 6) is 1.26. The van der Waals surface area contributed by atoms with E-state index >= 15 is 0 Å². The third kappa shape index (κ3) is 4.83. The lowest BCUT2D eigenvalue weighted by atomic mass is 9.75. The van der Waals surface area contributed by atoms with Crippen molar-refractivity contribution >= 4 is 17.6 Å². The van der Waals surface area contributed by atoms with Crippen molar-refractivity contribution in [2.75, 3.05) is 26.6 Å². The number of hydrogen-bond donors (Lipinski definition) is 1. The van der Waals surface area contributed by atoms with E-state index in [4.69, 9.17) is 14.2 Å². The highest BCUT2D eigenvalue weighted by Crippen LogP contribution is 2.52. The predicted octanol–water partition coefficient (Wildman–Crippen LogP) is 4.74. The Labute approximate surface area is 194 Å². The summed E-state index contributed by atoms with van der Waals surface area (Å²) in [4.78, 5) is 23.6. The predicted molar refractivity (Wildman–Crippen MR) is 124 cm³/mol. The van der Waals surface area contributed by atoms with Crippen LogP contribution in [0.4, 0.5) is 5.69 Å². The molecule has 1 amide bonds. The SMILES string of the molecule is COC(=O)CCC(=O)Nc1cccc([C@H]2O[C@H]3CCCC[C@@H]3c3c(OC)ccc(OC)c32)c1. The fourth-order valence-corrected chi connectivity index (χ4v) is 5.00. The van der Waals surface area contributed by atoms with Gasteiger partial charge in [0, 0.05) is 29.2 Å². The lowest BCUT2D eigenvalue weighted by Crippen LogP contribution is -2.34. The molecule has 1 fully saturated rings. The number of benzene rings is 2. The molecule has 2 aromatic rings. The molecule has 0 spiro atoms. The minimum absolute atomic E-state index is 0.0429. The van der Waals surface area contributed by atoms with E-state index in [0.29, 0.717) is 5.69 Å². The van der Waals surface area contributed by atoms with Crippen molar-refractivity contribution in [2.45, 2.75) is 56.7 Å². The number of carbonyl (C=O) groups excluding carboxylic acids is 2. The van der Waals surface area contributed by atoms with Crippen LogP contribution in [0.5, 0.6) is 11.5 Å². The highest BCUT2D eigenvalue weighted by atomic mass is 16.5. The van der Waals surface area contributed by atoms with E-state index in [0.717, 1.165) is 41.9 Å². The molecular formula is C26H31NO6. The molecule has 33 heavy (non-hydrogen) atoms.